The molecule has 0 fully saturated rings. The third-order valence-electron chi connectivity index (χ3n) is 3.06. The molecule has 0 radical (unpaired) electrons. The third kappa shape index (κ3) is 3.11. The molecule has 21 heavy (non-hydrogen) atoms. The Labute approximate surface area is 123 Å². The van der Waals surface area contributed by atoms with Gasteiger partial charge in [-0.1, -0.05) is 37.3 Å². The monoisotopic (exact) mass is 279 g/mol. The van der Waals surface area contributed by atoms with Crippen molar-refractivity contribution in [3.63, 3.8) is 0 Å². The molecule has 0 aliphatic carbocycles. The second-order valence-corrected chi connectivity index (χ2v) is 4.71. The van der Waals surface area contributed by atoms with Gasteiger partial charge < -0.3 is 10.1 Å². The molecule has 1 aromatic heterocycles. The number of hydrogen-bond donors (Lipinski definition) is 1. The Balaban J connectivity index is 2.02. The Hall–Kier alpha value is -2.62. The van der Waals surface area contributed by atoms with Gasteiger partial charge in [0.2, 0.25) is 11.8 Å². The number of nitrogens with one attached hydrogen (secondary N) is 1. The smallest absolute Gasteiger partial charge is 0.231 e. The predicted octanol–water partition coefficient (Wildman–Crippen LogP) is 4.24. The van der Waals surface area contributed by atoms with E-state index in [0.717, 1.165) is 29.6 Å². The zero-order valence-corrected chi connectivity index (χ0v) is 11.9. The number of ether oxygens (including phenoxy) is 1. The van der Waals surface area contributed by atoms with Gasteiger partial charge in [-0.2, -0.15) is 4.98 Å². The Kier molecular flexibility index (Phi) is 3.96. The molecule has 0 aliphatic heterocycles. The van der Waals surface area contributed by atoms with Crippen molar-refractivity contribution in [2.45, 2.75) is 13.3 Å². The number of hydrogen-bond acceptors (Lipinski definition) is 4. The molecule has 3 aromatic rings. The lowest BCUT2D eigenvalue weighted by molar-refractivity contribution is 0.469. The first-order valence-corrected chi connectivity index (χ1v) is 7.10. The molecular formula is C17H17N3O. The Morgan fingerprint density at radius 3 is 2.52 bits per heavy atom. The third-order valence-corrected chi connectivity index (χ3v) is 3.06. The van der Waals surface area contributed by atoms with E-state index in [2.05, 4.69) is 22.2 Å². The van der Waals surface area contributed by atoms with Crippen LogP contribution in [0.5, 0.6) is 11.6 Å². The highest BCUT2D eigenvalue weighted by Crippen LogP contribution is 2.28. The molecule has 0 saturated carbocycles. The molecule has 0 aliphatic rings. The molecule has 0 atom stereocenters. The highest BCUT2D eigenvalue weighted by atomic mass is 16.5. The summed E-state index contributed by atoms with van der Waals surface area (Å²) < 4.78 is 5.92. The van der Waals surface area contributed by atoms with E-state index in [1.807, 2.05) is 54.6 Å². The van der Waals surface area contributed by atoms with Crippen molar-refractivity contribution in [3.05, 3.63) is 54.6 Å². The van der Waals surface area contributed by atoms with Crippen LogP contribution in [0.15, 0.2) is 54.6 Å². The van der Waals surface area contributed by atoms with Crippen LogP contribution in [0.4, 0.5) is 5.95 Å². The van der Waals surface area contributed by atoms with Crippen LogP contribution in [0.3, 0.4) is 0 Å². The van der Waals surface area contributed by atoms with Gasteiger partial charge in [0.1, 0.15) is 5.75 Å². The van der Waals surface area contributed by atoms with Crippen molar-refractivity contribution in [1.29, 1.82) is 0 Å². The quantitative estimate of drug-likeness (QED) is 0.758. The maximum Gasteiger partial charge on any atom is 0.231 e. The molecule has 2 aromatic carbocycles. The van der Waals surface area contributed by atoms with E-state index in [1.54, 1.807) is 0 Å². The van der Waals surface area contributed by atoms with Crippen LogP contribution in [0.2, 0.25) is 0 Å². The zero-order valence-electron chi connectivity index (χ0n) is 11.9. The van der Waals surface area contributed by atoms with Crippen molar-refractivity contribution in [2.24, 2.45) is 0 Å². The molecule has 1 N–H and O–H groups in total. The highest BCUT2D eigenvalue weighted by molar-refractivity contribution is 5.84. The van der Waals surface area contributed by atoms with Crippen LogP contribution < -0.4 is 10.1 Å². The largest absolute Gasteiger partial charge is 0.438 e. The first-order chi connectivity index (χ1) is 10.4. The minimum Gasteiger partial charge on any atom is -0.438 e. The fourth-order valence-electron chi connectivity index (χ4n) is 2.04. The molecule has 0 amide bonds. The van der Waals surface area contributed by atoms with E-state index in [1.165, 1.54) is 0 Å². The predicted molar refractivity (Wildman–Crippen MR) is 84.8 cm³/mol. The Morgan fingerprint density at radius 1 is 0.952 bits per heavy atom. The molecule has 0 spiro atoms. The molecule has 1 heterocycles. The molecule has 4 heteroatoms. The SMILES string of the molecule is CCCNc1nc(Oc2ccccc2)c2ccccc2n1. The average molecular weight is 279 g/mol. The summed E-state index contributed by atoms with van der Waals surface area (Å²) in [4.78, 5) is 9.00. The van der Waals surface area contributed by atoms with Crippen LogP contribution in [0.1, 0.15) is 13.3 Å². The summed E-state index contributed by atoms with van der Waals surface area (Å²) >= 11 is 0. The fourth-order valence-corrected chi connectivity index (χ4v) is 2.04. The average Bonchev–Trinajstić information content (AvgIpc) is 2.54. The summed E-state index contributed by atoms with van der Waals surface area (Å²) in [6.45, 7) is 2.94. The number of aromatic nitrogens is 2. The van der Waals surface area contributed by atoms with Gasteiger partial charge in [0.05, 0.1) is 10.9 Å². The molecule has 106 valence electrons. The minimum atomic E-state index is 0.574. The fraction of sp³-hybridized carbons (Fsp3) is 0.176. The van der Waals surface area contributed by atoms with Gasteiger partial charge in [0.25, 0.3) is 0 Å². The van der Waals surface area contributed by atoms with Crippen molar-refractivity contribution >= 4 is 16.9 Å². The highest BCUT2D eigenvalue weighted by Gasteiger charge is 2.09. The summed E-state index contributed by atoms with van der Waals surface area (Å²) in [5.41, 5.74) is 0.872. The van der Waals surface area contributed by atoms with E-state index >= 15 is 0 Å². The topological polar surface area (TPSA) is 47.0 Å². The summed E-state index contributed by atoms with van der Waals surface area (Å²) in [6, 6.07) is 17.5. The van der Waals surface area contributed by atoms with Gasteiger partial charge in [-0.25, -0.2) is 4.98 Å². The number of anilines is 1. The van der Waals surface area contributed by atoms with Crippen molar-refractivity contribution in [1.82, 2.24) is 9.97 Å². The molecule has 0 saturated heterocycles. The Morgan fingerprint density at radius 2 is 1.71 bits per heavy atom. The number of rotatable bonds is 5. The maximum absolute atomic E-state index is 5.92. The van der Waals surface area contributed by atoms with E-state index in [4.69, 9.17) is 4.74 Å². The van der Waals surface area contributed by atoms with Gasteiger partial charge in [-0.05, 0) is 30.7 Å². The Bertz CT molecular complexity index is 728. The van der Waals surface area contributed by atoms with Gasteiger partial charge in [0, 0.05) is 6.54 Å². The van der Waals surface area contributed by atoms with Crippen molar-refractivity contribution < 1.29 is 4.74 Å². The molecule has 0 unspecified atom stereocenters. The maximum atomic E-state index is 5.92. The van der Waals surface area contributed by atoms with Crippen LogP contribution in [-0.2, 0) is 0 Å². The molecule has 0 bridgehead atoms. The normalized spacial score (nSPS) is 10.5. The van der Waals surface area contributed by atoms with Crippen LogP contribution in [-0.4, -0.2) is 16.5 Å². The summed E-state index contributed by atoms with van der Waals surface area (Å²) in [7, 11) is 0. The minimum absolute atomic E-state index is 0.574. The first kappa shape index (κ1) is 13.4. The lowest BCUT2D eigenvalue weighted by atomic mass is 10.2. The van der Waals surface area contributed by atoms with Crippen LogP contribution in [0.25, 0.3) is 10.9 Å². The standard InChI is InChI=1S/C17H17N3O/c1-2-12-18-17-19-15-11-7-6-10-14(15)16(20-17)21-13-8-4-3-5-9-13/h3-11H,2,12H2,1H3,(H,18,19,20). The number of nitrogens with zero attached hydrogens (tertiary/aromatic N) is 2. The van der Waals surface area contributed by atoms with Crippen molar-refractivity contribution in [3.8, 4) is 11.6 Å². The van der Waals surface area contributed by atoms with E-state index < -0.39 is 0 Å². The molecule has 3 rings (SSSR count). The van der Waals surface area contributed by atoms with E-state index in [-0.39, 0.29) is 0 Å². The van der Waals surface area contributed by atoms with Gasteiger partial charge in [-0.15, -0.1) is 0 Å². The lowest BCUT2D eigenvalue weighted by Gasteiger charge is -2.10. The van der Waals surface area contributed by atoms with Gasteiger partial charge >= 0.3 is 0 Å². The number of fused-ring (bicyclic) bond motifs is 1. The van der Waals surface area contributed by atoms with Gasteiger partial charge in [0.15, 0.2) is 0 Å². The van der Waals surface area contributed by atoms with Crippen molar-refractivity contribution in [2.75, 3.05) is 11.9 Å². The second-order valence-electron chi connectivity index (χ2n) is 4.71. The lowest BCUT2D eigenvalue weighted by Crippen LogP contribution is -2.05. The number of para-hydroxylation sites is 2. The molecule has 4 nitrogen and oxygen atoms in total. The van der Waals surface area contributed by atoms with Crippen LogP contribution >= 0.6 is 0 Å². The molecular weight excluding hydrogens is 262 g/mol. The van der Waals surface area contributed by atoms with Crippen LogP contribution in [0, 0.1) is 0 Å². The summed E-state index contributed by atoms with van der Waals surface area (Å²) in [6.07, 6.45) is 1.02. The number of benzene rings is 2. The van der Waals surface area contributed by atoms with E-state index in [0.29, 0.717) is 11.8 Å². The first-order valence-electron chi connectivity index (χ1n) is 7.10. The zero-order chi connectivity index (χ0) is 14.5. The second kappa shape index (κ2) is 6.22. The van der Waals surface area contributed by atoms with E-state index in [9.17, 15) is 0 Å². The van der Waals surface area contributed by atoms with Gasteiger partial charge in [-0.3, -0.25) is 0 Å². The summed E-state index contributed by atoms with van der Waals surface area (Å²) in [5.74, 6) is 1.94. The summed E-state index contributed by atoms with van der Waals surface area (Å²) in [5, 5.41) is 4.12.